The van der Waals surface area contributed by atoms with Gasteiger partial charge in [0.2, 0.25) is 11.5 Å². The zero-order valence-corrected chi connectivity index (χ0v) is 22.3. The number of nitriles is 1. The third kappa shape index (κ3) is 10.3. The molecule has 192 valence electrons. The number of fused-ring (bicyclic) bond motifs is 1. The third-order valence-electron chi connectivity index (χ3n) is 6.70. The molecule has 1 heterocycles. The Bertz CT molecular complexity index is 999. The molecule has 0 radical (unpaired) electrons. The number of unbranched alkanes of at least 4 members (excludes halogenated alkanes) is 12. The zero-order chi connectivity index (χ0) is 25.3. The van der Waals surface area contributed by atoms with Crippen LogP contribution in [-0.2, 0) is 4.79 Å². The topological polar surface area (TPSA) is 69.6 Å². The van der Waals surface area contributed by atoms with E-state index in [0.717, 1.165) is 37.0 Å². The van der Waals surface area contributed by atoms with Crippen molar-refractivity contribution >= 4 is 22.6 Å². The highest BCUT2D eigenvalue weighted by Crippen LogP contribution is 2.22. The Morgan fingerprint density at radius 2 is 1.43 bits per heavy atom. The van der Waals surface area contributed by atoms with E-state index in [2.05, 4.69) is 36.7 Å². The van der Waals surface area contributed by atoms with Crippen LogP contribution in [0.5, 0.6) is 0 Å². The monoisotopic (exact) mass is 479 g/mol. The fourth-order valence-corrected chi connectivity index (χ4v) is 4.52. The molecule has 1 aromatic heterocycles. The summed E-state index contributed by atoms with van der Waals surface area (Å²) in [5.74, 6) is -0.215. The molecular formula is C30H45N3O2. The van der Waals surface area contributed by atoms with E-state index in [1.54, 1.807) is 6.07 Å². The minimum Gasteiger partial charge on any atom is -0.437 e. The lowest BCUT2D eigenvalue weighted by atomic mass is 10.0. The van der Waals surface area contributed by atoms with Crippen molar-refractivity contribution in [1.29, 1.82) is 5.26 Å². The van der Waals surface area contributed by atoms with Gasteiger partial charge in [0, 0.05) is 36.7 Å². The third-order valence-corrected chi connectivity index (χ3v) is 6.70. The lowest BCUT2D eigenvalue weighted by Gasteiger charge is -2.20. The summed E-state index contributed by atoms with van der Waals surface area (Å²) in [7, 11) is 0. The van der Waals surface area contributed by atoms with Gasteiger partial charge in [0.05, 0.1) is 0 Å². The number of anilines is 1. The van der Waals surface area contributed by atoms with Crippen molar-refractivity contribution in [3.8, 4) is 6.07 Å². The number of amides is 1. The van der Waals surface area contributed by atoms with E-state index in [-0.39, 0.29) is 11.5 Å². The van der Waals surface area contributed by atoms with E-state index in [1.807, 2.05) is 18.2 Å². The summed E-state index contributed by atoms with van der Waals surface area (Å²) >= 11 is 0. The van der Waals surface area contributed by atoms with Gasteiger partial charge in [-0.3, -0.25) is 4.79 Å². The standard InChI is InChI=1S/C30H45N3O2/c1-4-7-8-9-10-11-12-13-14-15-16-17-18-19-29(34)32-30-26(24-31)22-25-20-21-27(23-28(25)35-30)33(5-2)6-3/h20-23H,4-19H2,1-3H3. The Kier molecular flexibility index (Phi) is 13.8. The molecule has 0 fully saturated rings. The van der Waals surface area contributed by atoms with E-state index in [9.17, 15) is 10.1 Å². The van der Waals surface area contributed by atoms with Gasteiger partial charge in [-0.15, -0.1) is 0 Å². The lowest BCUT2D eigenvalue weighted by Crippen LogP contribution is -2.21. The van der Waals surface area contributed by atoms with Crippen LogP contribution in [0.1, 0.15) is 116 Å². The fourth-order valence-electron chi connectivity index (χ4n) is 4.52. The Morgan fingerprint density at radius 3 is 1.97 bits per heavy atom. The van der Waals surface area contributed by atoms with E-state index >= 15 is 0 Å². The Morgan fingerprint density at radius 1 is 0.857 bits per heavy atom. The van der Waals surface area contributed by atoms with Crippen LogP contribution < -0.4 is 10.5 Å². The minimum atomic E-state index is -0.215. The van der Waals surface area contributed by atoms with Gasteiger partial charge >= 0.3 is 0 Å². The average molecular weight is 480 g/mol. The van der Waals surface area contributed by atoms with Gasteiger partial charge in [0.25, 0.3) is 0 Å². The number of carbonyl (C=O) groups is 1. The Hall–Kier alpha value is -2.61. The van der Waals surface area contributed by atoms with Gasteiger partial charge in [-0.25, -0.2) is 0 Å². The summed E-state index contributed by atoms with van der Waals surface area (Å²) in [6.45, 7) is 8.28. The smallest absolute Gasteiger partial charge is 0.248 e. The van der Waals surface area contributed by atoms with Gasteiger partial charge in [-0.1, -0.05) is 84.0 Å². The van der Waals surface area contributed by atoms with Crippen molar-refractivity contribution in [2.45, 2.75) is 111 Å². The van der Waals surface area contributed by atoms with E-state index in [1.165, 1.54) is 70.6 Å². The molecule has 0 spiro atoms. The first-order valence-electron chi connectivity index (χ1n) is 13.9. The summed E-state index contributed by atoms with van der Waals surface area (Å²) in [4.78, 5) is 18.8. The molecule has 1 amide bonds. The molecule has 0 aliphatic heterocycles. The normalized spacial score (nSPS) is 11.7. The van der Waals surface area contributed by atoms with Crippen molar-refractivity contribution in [1.82, 2.24) is 0 Å². The van der Waals surface area contributed by atoms with Crippen molar-refractivity contribution in [3.63, 3.8) is 0 Å². The molecule has 2 rings (SSSR count). The number of hydrogen-bond acceptors (Lipinski definition) is 4. The predicted octanol–water partition coefficient (Wildman–Crippen LogP) is 8.06. The molecule has 1 aromatic carbocycles. The molecule has 2 aromatic rings. The van der Waals surface area contributed by atoms with E-state index in [4.69, 9.17) is 4.42 Å². The number of hydrogen-bond donors (Lipinski definition) is 0. The molecule has 0 saturated carbocycles. The van der Waals surface area contributed by atoms with Gasteiger partial charge in [0.1, 0.15) is 17.2 Å². The molecule has 5 heteroatoms. The molecule has 0 N–H and O–H groups in total. The van der Waals surface area contributed by atoms with Gasteiger partial charge in [-0.05, 0) is 38.5 Å². The van der Waals surface area contributed by atoms with Crippen LogP contribution in [0.15, 0.2) is 33.7 Å². The number of benzene rings is 1. The Labute approximate surface area is 212 Å². The highest BCUT2D eigenvalue weighted by atomic mass is 16.3. The van der Waals surface area contributed by atoms with Crippen molar-refractivity contribution in [2.24, 2.45) is 4.99 Å². The van der Waals surface area contributed by atoms with Gasteiger partial charge in [-0.2, -0.15) is 10.3 Å². The predicted molar refractivity (Wildman–Crippen MR) is 145 cm³/mol. The minimum absolute atomic E-state index is 0.122. The molecule has 0 saturated heterocycles. The van der Waals surface area contributed by atoms with E-state index in [0.29, 0.717) is 17.6 Å². The SMILES string of the molecule is CCCCCCCCCCCCCCCC(=O)N=c1oc2cc(N(CC)CC)ccc2cc1C#N. The summed E-state index contributed by atoms with van der Waals surface area (Å²) in [5.41, 5.74) is 2.12. The van der Waals surface area contributed by atoms with Crippen LogP contribution in [0.3, 0.4) is 0 Å². The highest BCUT2D eigenvalue weighted by Gasteiger charge is 2.09. The first-order chi connectivity index (χ1) is 17.1. The molecule has 0 atom stereocenters. The number of carbonyl (C=O) groups excluding carboxylic acids is 1. The fraction of sp³-hybridized carbons (Fsp3) is 0.633. The van der Waals surface area contributed by atoms with Crippen molar-refractivity contribution in [3.05, 3.63) is 35.4 Å². The Balaban J connectivity index is 1.78. The van der Waals surface area contributed by atoms with Crippen LogP contribution in [-0.4, -0.2) is 19.0 Å². The van der Waals surface area contributed by atoms with Crippen molar-refractivity contribution < 1.29 is 9.21 Å². The van der Waals surface area contributed by atoms with Gasteiger partial charge < -0.3 is 9.32 Å². The van der Waals surface area contributed by atoms with Crippen LogP contribution in [0, 0.1) is 11.3 Å². The second-order valence-electron chi connectivity index (χ2n) is 9.47. The molecular weight excluding hydrogens is 434 g/mol. The van der Waals surface area contributed by atoms with Crippen LogP contribution >= 0.6 is 0 Å². The van der Waals surface area contributed by atoms with Gasteiger partial charge in [0.15, 0.2) is 0 Å². The highest BCUT2D eigenvalue weighted by molar-refractivity contribution is 5.82. The maximum absolute atomic E-state index is 12.4. The molecule has 0 aliphatic rings. The maximum atomic E-state index is 12.4. The summed E-state index contributed by atoms with van der Waals surface area (Å²) in [6.07, 6.45) is 16.9. The van der Waals surface area contributed by atoms with Crippen LogP contribution in [0.2, 0.25) is 0 Å². The van der Waals surface area contributed by atoms with E-state index < -0.39 is 0 Å². The molecule has 5 nitrogen and oxygen atoms in total. The van der Waals surface area contributed by atoms with Crippen LogP contribution in [0.4, 0.5) is 5.69 Å². The molecule has 35 heavy (non-hydrogen) atoms. The zero-order valence-electron chi connectivity index (χ0n) is 22.3. The second kappa shape index (κ2) is 16.9. The quantitative estimate of drug-likeness (QED) is 0.215. The summed E-state index contributed by atoms with van der Waals surface area (Å²) in [5, 5.41) is 10.4. The lowest BCUT2D eigenvalue weighted by molar-refractivity contribution is -0.118. The van der Waals surface area contributed by atoms with Crippen LogP contribution in [0.25, 0.3) is 11.0 Å². The summed E-state index contributed by atoms with van der Waals surface area (Å²) < 4.78 is 5.92. The molecule has 0 unspecified atom stereocenters. The molecule has 0 bridgehead atoms. The number of nitrogens with zero attached hydrogens (tertiary/aromatic N) is 3. The summed E-state index contributed by atoms with van der Waals surface area (Å²) in [6, 6.07) is 9.81. The first kappa shape index (κ1) is 28.6. The van der Waals surface area contributed by atoms with Crippen molar-refractivity contribution in [2.75, 3.05) is 18.0 Å². The first-order valence-corrected chi connectivity index (χ1v) is 13.9. The largest absolute Gasteiger partial charge is 0.437 e. The number of rotatable bonds is 17. The maximum Gasteiger partial charge on any atom is 0.248 e. The second-order valence-corrected chi connectivity index (χ2v) is 9.47. The average Bonchev–Trinajstić information content (AvgIpc) is 2.87. The molecule has 0 aliphatic carbocycles.